The number of imidazole rings is 1. The first-order valence-electron chi connectivity index (χ1n) is 10.7. The van der Waals surface area contributed by atoms with Crippen molar-refractivity contribution in [3.63, 3.8) is 0 Å². The van der Waals surface area contributed by atoms with Crippen molar-refractivity contribution in [1.29, 1.82) is 0 Å². The van der Waals surface area contributed by atoms with Crippen LogP contribution >= 0.6 is 0 Å². The third-order valence-electron chi connectivity index (χ3n) is 4.92. The number of hydrogen-bond acceptors (Lipinski definition) is 8. The molecule has 3 rings (SSSR count). The van der Waals surface area contributed by atoms with Crippen molar-refractivity contribution >= 4 is 38.9 Å². The minimum atomic E-state index is -4.61. The molecule has 2 aromatic rings. The van der Waals surface area contributed by atoms with Crippen molar-refractivity contribution in [3.8, 4) is 0 Å². The Kier molecular flexibility index (Phi) is 9.99. The molecule has 0 radical (unpaired) electrons. The Morgan fingerprint density at radius 3 is 2.47 bits per heavy atom. The van der Waals surface area contributed by atoms with Gasteiger partial charge in [0.1, 0.15) is 11.6 Å². The van der Waals surface area contributed by atoms with Crippen LogP contribution in [0.15, 0.2) is 30.9 Å². The molecule has 36 heavy (non-hydrogen) atoms. The van der Waals surface area contributed by atoms with E-state index in [0.717, 1.165) is 12.6 Å². The number of carbonyl (C=O) groups excluding carboxylic acids is 1. The van der Waals surface area contributed by atoms with Crippen molar-refractivity contribution in [2.24, 2.45) is 11.8 Å². The largest absolute Gasteiger partial charge is 0.755 e. The average Bonchev–Trinajstić information content (AvgIpc) is 3.20. The summed E-state index contributed by atoms with van der Waals surface area (Å²) >= 11 is -3.02. The normalized spacial score (nSPS) is 17.4. The minimum absolute atomic E-state index is 0.256. The average molecular weight is 555 g/mol. The summed E-state index contributed by atoms with van der Waals surface area (Å²) in [5.41, 5.74) is -1.03. The SMILES string of the molecule is CC(C)Cn1cnc(N2CCC[C@@H](C(=O)N(c3ccc(C(F)(F)F)cn3)S(=O)[O-])C2)c1.CS(=O)(=O)O. The summed E-state index contributed by atoms with van der Waals surface area (Å²) in [4.78, 5) is 22.8. The number of amides is 1. The molecule has 1 aliphatic heterocycles. The van der Waals surface area contributed by atoms with Crippen LogP contribution < -0.4 is 9.21 Å². The van der Waals surface area contributed by atoms with Crippen molar-refractivity contribution in [2.45, 2.75) is 39.4 Å². The highest BCUT2D eigenvalue weighted by Crippen LogP contribution is 2.30. The summed E-state index contributed by atoms with van der Waals surface area (Å²) in [6.45, 7) is 5.89. The van der Waals surface area contributed by atoms with Gasteiger partial charge in [0, 0.05) is 32.0 Å². The Morgan fingerprint density at radius 2 is 1.97 bits per heavy atom. The number of hydrogen-bond donors (Lipinski definition) is 1. The number of nitrogens with zero attached hydrogens (tertiary/aromatic N) is 5. The van der Waals surface area contributed by atoms with Crippen molar-refractivity contribution in [3.05, 3.63) is 36.4 Å². The fourth-order valence-corrected chi connectivity index (χ4v) is 4.08. The van der Waals surface area contributed by atoms with Gasteiger partial charge in [-0.3, -0.25) is 13.6 Å². The van der Waals surface area contributed by atoms with E-state index in [1.165, 1.54) is 0 Å². The predicted molar refractivity (Wildman–Crippen MR) is 125 cm³/mol. The van der Waals surface area contributed by atoms with Gasteiger partial charge in [-0.2, -0.15) is 21.6 Å². The number of halogens is 3. The lowest BCUT2D eigenvalue weighted by atomic mass is 9.97. The summed E-state index contributed by atoms with van der Waals surface area (Å²) in [6, 6.07) is 1.58. The monoisotopic (exact) mass is 554 g/mol. The van der Waals surface area contributed by atoms with Crippen molar-refractivity contribution in [2.75, 3.05) is 28.6 Å². The zero-order chi connectivity index (χ0) is 27.3. The second-order valence-electron chi connectivity index (χ2n) is 8.59. The lowest BCUT2D eigenvalue weighted by molar-refractivity contribution is -0.137. The standard InChI is InChI=1S/C19H24F3N5O3S.CH4O3S/c1-13(2)9-25-11-17(24-12-25)26-7-3-4-14(10-26)18(28)27(31(29)30)16-6-5-15(8-23-16)19(20,21)22;1-5(2,3)4/h5-6,8,11-14H,3-4,7,9-10H2,1-2H3,(H,29,30);1H3,(H,2,3,4)/p-1/t14-;/m1./s1. The molecule has 1 unspecified atom stereocenters. The summed E-state index contributed by atoms with van der Waals surface area (Å²) in [6.07, 6.45) is 1.31. The van der Waals surface area contributed by atoms with Gasteiger partial charge in [0.05, 0.1) is 35.3 Å². The van der Waals surface area contributed by atoms with Crippen LogP contribution in [0.25, 0.3) is 0 Å². The third-order valence-corrected chi connectivity index (χ3v) is 5.59. The second-order valence-corrected chi connectivity index (χ2v) is 10.9. The van der Waals surface area contributed by atoms with Crippen molar-refractivity contribution < 1.29 is 39.7 Å². The van der Waals surface area contributed by atoms with Crippen LogP contribution in [-0.4, -0.2) is 61.5 Å². The number of aromatic nitrogens is 3. The molecule has 0 bridgehead atoms. The smallest absolute Gasteiger partial charge is 0.417 e. The Labute approximate surface area is 209 Å². The van der Waals surface area contributed by atoms with E-state index in [0.29, 0.717) is 53.9 Å². The maximum absolute atomic E-state index is 13.0. The lowest BCUT2D eigenvalue weighted by Gasteiger charge is -2.35. The molecule has 1 N–H and O–H groups in total. The quantitative estimate of drug-likeness (QED) is 0.420. The highest BCUT2D eigenvalue weighted by molar-refractivity contribution is 7.85. The number of pyridine rings is 1. The van der Waals surface area contributed by atoms with E-state index in [-0.39, 0.29) is 12.4 Å². The van der Waals surface area contributed by atoms with Crippen LogP contribution in [0, 0.1) is 11.8 Å². The number of carbonyl (C=O) groups is 1. The predicted octanol–water partition coefficient (Wildman–Crippen LogP) is 2.50. The van der Waals surface area contributed by atoms with E-state index in [2.05, 4.69) is 23.8 Å². The summed E-state index contributed by atoms with van der Waals surface area (Å²) in [7, 11) is -3.67. The molecule has 11 nitrogen and oxygen atoms in total. The van der Waals surface area contributed by atoms with Gasteiger partial charge < -0.3 is 14.0 Å². The summed E-state index contributed by atoms with van der Waals surface area (Å²) < 4.78 is 90.0. The first kappa shape index (κ1) is 29.7. The molecule has 3 heterocycles. The number of rotatable bonds is 6. The molecular weight excluding hydrogens is 527 g/mol. The number of anilines is 2. The van der Waals surface area contributed by atoms with Crippen LogP contribution in [-0.2, 0) is 38.9 Å². The maximum atomic E-state index is 13.0. The molecule has 202 valence electrons. The second kappa shape index (κ2) is 12.1. The first-order valence-corrected chi connectivity index (χ1v) is 13.6. The van der Waals surface area contributed by atoms with Crippen LogP contribution in [0.4, 0.5) is 24.8 Å². The zero-order valence-corrected chi connectivity index (χ0v) is 21.4. The lowest BCUT2D eigenvalue weighted by Crippen LogP contribution is -2.46. The van der Waals surface area contributed by atoms with Gasteiger partial charge in [-0.05, 0) is 30.9 Å². The van der Waals surface area contributed by atoms with Crippen LogP contribution in [0.3, 0.4) is 0 Å². The fraction of sp³-hybridized carbons (Fsp3) is 0.550. The Bertz CT molecular complexity index is 1150. The van der Waals surface area contributed by atoms with Gasteiger partial charge in [-0.1, -0.05) is 13.8 Å². The van der Waals surface area contributed by atoms with E-state index >= 15 is 0 Å². The third kappa shape index (κ3) is 9.15. The molecule has 0 saturated carbocycles. The van der Waals surface area contributed by atoms with Gasteiger partial charge in [0.25, 0.3) is 10.1 Å². The molecule has 1 amide bonds. The topological polar surface area (TPSA) is 149 Å². The number of piperidine rings is 1. The van der Waals surface area contributed by atoms with Crippen LogP contribution in [0.5, 0.6) is 0 Å². The van der Waals surface area contributed by atoms with E-state index in [1.807, 2.05) is 15.7 Å². The molecule has 1 aliphatic rings. The molecule has 16 heteroatoms. The van der Waals surface area contributed by atoms with E-state index in [1.54, 1.807) is 6.33 Å². The van der Waals surface area contributed by atoms with Crippen molar-refractivity contribution in [1.82, 2.24) is 14.5 Å². The minimum Gasteiger partial charge on any atom is -0.755 e. The highest BCUT2D eigenvalue weighted by atomic mass is 32.2. The van der Waals surface area contributed by atoms with Crippen LogP contribution in [0.1, 0.15) is 32.3 Å². The summed E-state index contributed by atoms with van der Waals surface area (Å²) in [5, 5.41) is 0. The van der Waals surface area contributed by atoms with Gasteiger partial charge in [0.2, 0.25) is 5.91 Å². The Balaban J connectivity index is 0.000000830. The molecule has 0 aromatic carbocycles. The molecule has 0 aliphatic carbocycles. The fourth-order valence-electron chi connectivity index (χ4n) is 3.52. The first-order chi connectivity index (χ1) is 16.6. The maximum Gasteiger partial charge on any atom is 0.417 e. The zero-order valence-electron chi connectivity index (χ0n) is 19.8. The number of alkyl halides is 3. The summed E-state index contributed by atoms with van der Waals surface area (Å²) in [5.74, 6) is -0.627. The molecule has 0 spiro atoms. The molecule has 1 fully saturated rings. The highest BCUT2D eigenvalue weighted by Gasteiger charge is 2.34. The molecular formula is C20H27F3N5O6S2-. The van der Waals surface area contributed by atoms with Gasteiger partial charge in [-0.25, -0.2) is 14.3 Å². The molecule has 1 saturated heterocycles. The van der Waals surface area contributed by atoms with E-state index in [4.69, 9.17) is 4.55 Å². The van der Waals surface area contributed by atoms with E-state index < -0.39 is 44.9 Å². The Morgan fingerprint density at radius 1 is 1.33 bits per heavy atom. The van der Waals surface area contributed by atoms with Crippen LogP contribution in [0.2, 0.25) is 0 Å². The molecule has 2 aromatic heterocycles. The van der Waals surface area contributed by atoms with Gasteiger partial charge in [-0.15, -0.1) is 0 Å². The van der Waals surface area contributed by atoms with E-state index in [9.17, 15) is 35.1 Å². The van der Waals surface area contributed by atoms with Gasteiger partial charge >= 0.3 is 6.18 Å². The molecule has 2 atom stereocenters. The van der Waals surface area contributed by atoms with Gasteiger partial charge in [0.15, 0.2) is 0 Å². The Hall–Kier alpha value is -2.56.